The molecule has 0 unspecified atom stereocenters. The average molecular weight is 249 g/mol. The van der Waals surface area contributed by atoms with E-state index < -0.39 is 0 Å². The van der Waals surface area contributed by atoms with Crippen molar-refractivity contribution in [1.29, 1.82) is 0 Å². The summed E-state index contributed by atoms with van der Waals surface area (Å²) in [6, 6.07) is 3.41. The lowest BCUT2D eigenvalue weighted by atomic mass is 10.3. The highest BCUT2D eigenvalue weighted by Crippen LogP contribution is 2.11. The van der Waals surface area contributed by atoms with E-state index in [1.807, 2.05) is 6.26 Å². The number of thioether (sulfide) groups is 1. The van der Waals surface area contributed by atoms with E-state index >= 15 is 0 Å². The largest absolute Gasteiger partial charge is 0.271 e. The van der Waals surface area contributed by atoms with Crippen molar-refractivity contribution in [2.45, 2.75) is 12.1 Å². The van der Waals surface area contributed by atoms with Crippen molar-refractivity contribution < 1.29 is 4.79 Å². The minimum Gasteiger partial charge on any atom is -0.267 e. The molecule has 0 aliphatic heterocycles. The molecule has 2 heterocycles. The van der Waals surface area contributed by atoms with Crippen molar-refractivity contribution in [1.82, 2.24) is 19.9 Å². The van der Waals surface area contributed by atoms with Crippen LogP contribution in [-0.4, -0.2) is 32.0 Å². The van der Waals surface area contributed by atoms with Gasteiger partial charge >= 0.3 is 0 Å². The Labute approximate surface area is 102 Å². The highest BCUT2D eigenvalue weighted by Gasteiger charge is 2.11. The summed E-state index contributed by atoms with van der Waals surface area (Å²) in [5.41, 5.74) is 3.21. The fourth-order valence-corrected chi connectivity index (χ4v) is 1.75. The number of hydrogen-bond acceptors (Lipinski definition) is 5. The van der Waals surface area contributed by atoms with Gasteiger partial charge in [-0.2, -0.15) is 0 Å². The summed E-state index contributed by atoms with van der Waals surface area (Å²) in [6.07, 6.45) is 5.00. The molecule has 0 aliphatic carbocycles. The molecule has 0 aromatic carbocycles. The Hall–Kier alpha value is -1.89. The van der Waals surface area contributed by atoms with Crippen molar-refractivity contribution in [3.63, 3.8) is 0 Å². The summed E-state index contributed by atoms with van der Waals surface area (Å²) >= 11 is 1.41. The third kappa shape index (κ3) is 2.44. The van der Waals surface area contributed by atoms with Gasteiger partial charge in [-0.05, 0) is 25.3 Å². The monoisotopic (exact) mass is 249 g/mol. The minimum absolute atomic E-state index is 0.240. The molecule has 2 aromatic rings. The quantitative estimate of drug-likeness (QED) is 0.824. The fraction of sp³-hybridized carbons (Fsp3) is 0.200. The predicted octanol–water partition coefficient (Wildman–Crippen LogP) is 1.09. The lowest BCUT2D eigenvalue weighted by Gasteiger charge is -2.08. The number of carbonyl (C=O) groups excluding carboxylic acids is 1. The molecular formula is C10H11N5OS. The van der Waals surface area contributed by atoms with Crippen molar-refractivity contribution in [2.75, 3.05) is 11.7 Å². The Bertz CT molecular complexity index is 525. The first-order valence-electron chi connectivity index (χ1n) is 4.89. The number of rotatable bonds is 3. The van der Waals surface area contributed by atoms with Crippen LogP contribution in [0.1, 0.15) is 16.2 Å². The SMILES string of the molecule is CSc1nnc(C)n1NC(=O)c1cccnc1. The van der Waals surface area contributed by atoms with Crippen molar-refractivity contribution in [3.05, 3.63) is 35.9 Å². The summed E-state index contributed by atoms with van der Waals surface area (Å²) in [7, 11) is 0. The van der Waals surface area contributed by atoms with Crippen LogP contribution < -0.4 is 5.43 Å². The molecule has 0 saturated heterocycles. The molecule has 7 heteroatoms. The zero-order chi connectivity index (χ0) is 12.3. The smallest absolute Gasteiger partial charge is 0.267 e. The molecule has 2 aromatic heterocycles. The molecule has 0 radical (unpaired) electrons. The zero-order valence-corrected chi connectivity index (χ0v) is 10.2. The van der Waals surface area contributed by atoms with Crippen LogP contribution in [0.3, 0.4) is 0 Å². The van der Waals surface area contributed by atoms with E-state index in [-0.39, 0.29) is 5.91 Å². The Balaban J connectivity index is 2.21. The van der Waals surface area contributed by atoms with E-state index in [0.29, 0.717) is 16.5 Å². The highest BCUT2D eigenvalue weighted by atomic mass is 32.2. The van der Waals surface area contributed by atoms with E-state index in [1.54, 1.807) is 29.9 Å². The van der Waals surface area contributed by atoms with Gasteiger partial charge in [0.05, 0.1) is 5.56 Å². The van der Waals surface area contributed by atoms with E-state index in [0.717, 1.165) is 0 Å². The van der Waals surface area contributed by atoms with Gasteiger partial charge in [0, 0.05) is 12.4 Å². The van der Waals surface area contributed by atoms with Gasteiger partial charge in [-0.1, -0.05) is 11.8 Å². The van der Waals surface area contributed by atoms with Crippen molar-refractivity contribution in [3.8, 4) is 0 Å². The summed E-state index contributed by atoms with van der Waals surface area (Å²) < 4.78 is 1.56. The van der Waals surface area contributed by atoms with Gasteiger partial charge in [-0.3, -0.25) is 15.2 Å². The molecule has 2 rings (SSSR count). The molecule has 0 spiro atoms. The summed E-state index contributed by atoms with van der Waals surface area (Å²) in [4.78, 5) is 15.8. The molecule has 0 aliphatic rings. The molecule has 1 N–H and O–H groups in total. The van der Waals surface area contributed by atoms with Crippen molar-refractivity contribution >= 4 is 17.7 Å². The van der Waals surface area contributed by atoms with E-state index in [9.17, 15) is 4.79 Å². The third-order valence-electron chi connectivity index (χ3n) is 2.11. The number of pyridine rings is 1. The van der Waals surface area contributed by atoms with E-state index in [1.165, 1.54) is 18.0 Å². The van der Waals surface area contributed by atoms with Crippen LogP contribution in [-0.2, 0) is 0 Å². The van der Waals surface area contributed by atoms with Crippen LogP contribution in [0.25, 0.3) is 0 Å². The van der Waals surface area contributed by atoms with Crippen LogP contribution in [0.2, 0.25) is 0 Å². The van der Waals surface area contributed by atoms with Gasteiger partial charge in [-0.15, -0.1) is 10.2 Å². The number of aryl methyl sites for hydroxylation is 1. The number of aromatic nitrogens is 4. The maximum atomic E-state index is 11.9. The Morgan fingerprint density at radius 3 is 2.94 bits per heavy atom. The van der Waals surface area contributed by atoms with Crippen LogP contribution in [0.15, 0.2) is 29.7 Å². The second-order valence-corrected chi connectivity index (χ2v) is 4.03. The predicted molar refractivity (Wildman–Crippen MR) is 64.5 cm³/mol. The topological polar surface area (TPSA) is 72.7 Å². The van der Waals surface area contributed by atoms with Crippen LogP contribution in [0, 0.1) is 6.92 Å². The lowest BCUT2D eigenvalue weighted by molar-refractivity contribution is 0.100. The maximum absolute atomic E-state index is 11.9. The van der Waals surface area contributed by atoms with Gasteiger partial charge in [-0.25, -0.2) is 4.68 Å². The van der Waals surface area contributed by atoms with Crippen LogP contribution in [0.5, 0.6) is 0 Å². The van der Waals surface area contributed by atoms with Gasteiger partial charge in [0.15, 0.2) is 0 Å². The third-order valence-corrected chi connectivity index (χ3v) is 2.74. The Kier molecular flexibility index (Phi) is 3.38. The minimum atomic E-state index is -0.240. The van der Waals surface area contributed by atoms with E-state index in [4.69, 9.17) is 0 Å². The number of nitrogens with one attached hydrogen (secondary N) is 1. The van der Waals surface area contributed by atoms with Crippen LogP contribution in [0.4, 0.5) is 0 Å². The molecular weight excluding hydrogens is 238 g/mol. The molecule has 1 amide bonds. The Morgan fingerprint density at radius 1 is 1.47 bits per heavy atom. The molecule has 17 heavy (non-hydrogen) atoms. The number of hydrogen-bond donors (Lipinski definition) is 1. The van der Waals surface area contributed by atoms with Gasteiger partial charge in [0.2, 0.25) is 5.16 Å². The molecule has 0 saturated carbocycles. The molecule has 0 bridgehead atoms. The number of amides is 1. The van der Waals surface area contributed by atoms with Gasteiger partial charge in [0.25, 0.3) is 5.91 Å². The number of nitrogens with zero attached hydrogens (tertiary/aromatic N) is 4. The van der Waals surface area contributed by atoms with Gasteiger partial charge in [0.1, 0.15) is 5.82 Å². The summed E-state index contributed by atoms with van der Waals surface area (Å²) in [6.45, 7) is 1.77. The Morgan fingerprint density at radius 2 is 2.29 bits per heavy atom. The van der Waals surface area contributed by atoms with E-state index in [2.05, 4.69) is 20.6 Å². The average Bonchev–Trinajstić information content (AvgIpc) is 2.71. The fourth-order valence-electron chi connectivity index (χ4n) is 1.27. The molecule has 0 fully saturated rings. The van der Waals surface area contributed by atoms with Crippen LogP contribution >= 0.6 is 11.8 Å². The second kappa shape index (κ2) is 4.96. The normalized spacial score (nSPS) is 10.2. The van der Waals surface area contributed by atoms with Gasteiger partial charge < -0.3 is 0 Å². The number of carbonyl (C=O) groups is 1. The first-order valence-corrected chi connectivity index (χ1v) is 6.12. The molecule has 88 valence electrons. The molecule has 0 atom stereocenters. The first kappa shape index (κ1) is 11.6. The molecule has 6 nitrogen and oxygen atoms in total. The first-order chi connectivity index (χ1) is 8.22. The second-order valence-electron chi connectivity index (χ2n) is 3.25. The standard InChI is InChI=1S/C10H11N5OS/c1-7-12-13-10(17-2)15(7)14-9(16)8-4-3-5-11-6-8/h3-6H,1-2H3,(H,14,16). The van der Waals surface area contributed by atoms with Crippen molar-refractivity contribution in [2.24, 2.45) is 0 Å². The zero-order valence-electron chi connectivity index (χ0n) is 9.41. The maximum Gasteiger partial charge on any atom is 0.271 e. The lowest BCUT2D eigenvalue weighted by Crippen LogP contribution is -2.24. The summed E-state index contributed by atoms with van der Waals surface area (Å²) in [5.74, 6) is 0.392. The summed E-state index contributed by atoms with van der Waals surface area (Å²) in [5, 5.41) is 8.46. The highest BCUT2D eigenvalue weighted by molar-refractivity contribution is 7.98.